The normalized spacial score (nSPS) is 15.0. The topological polar surface area (TPSA) is 24.1 Å². The van der Waals surface area contributed by atoms with Crippen LogP contribution in [0.1, 0.15) is 23.6 Å². The summed E-state index contributed by atoms with van der Waals surface area (Å²) in [7, 11) is 0. The Morgan fingerprint density at radius 2 is 2.12 bits per heavy atom. The van der Waals surface area contributed by atoms with E-state index in [1.165, 1.54) is 15.3 Å². The maximum atomic E-state index is 3.51. The molecule has 2 nitrogen and oxygen atoms in total. The quantitative estimate of drug-likeness (QED) is 0.767. The number of rotatable bonds is 5. The molecule has 0 aromatic carbocycles. The van der Waals surface area contributed by atoms with Gasteiger partial charge in [0, 0.05) is 35.9 Å². The Bertz CT molecular complexity index is 373. The lowest BCUT2D eigenvalue weighted by molar-refractivity contribution is 0.641. The highest BCUT2D eigenvalue weighted by atomic mass is 32.1. The Morgan fingerprint density at radius 3 is 2.69 bits per heavy atom. The van der Waals surface area contributed by atoms with Crippen molar-refractivity contribution in [3.63, 3.8) is 0 Å². The second-order valence-electron chi connectivity index (χ2n) is 4.31. The van der Waals surface area contributed by atoms with Gasteiger partial charge in [-0.3, -0.25) is 0 Å². The summed E-state index contributed by atoms with van der Waals surface area (Å²) in [5.41, 5.74) is 3.08. The summed E-state index contributed by atoms with van der Waals surface area (Å²) in [5, 5.41) is 6.79. The molecule has 2 rings (SSSR count). The zero-order valence-electron chi connectivity index (χ0n) is 10.1. The fraction of sp³-hybridized carbons (Fsp3) is 0.538. The molecule has 0 atom stereocenters. The van der Waals surface area contributed by atoms with Crippen molar-refractivity contribution in [3.05, 3.63) is 33.0 Å². The van der Waals surface area contributed by atoms with E-state index in [0.29, 0.717) is 0 Å². The van der Waals surface area contributed by atoms with Crippen LogP contribution < -0.4 is 10.6 Å². The molecule has 1 aromatic rings. The minimum absolute atomic E-state index is 1.00. The Balaban J connectivity index is 1.75. The maximum Gasteiger partial charge on any atom is 0.0302 e. The molecule has 0 aliphatic carbocycles. The largest absolute Gasteiger partial charge is 0.309 e. The zero-order valence-corrected chi connectivity index (χ0v) is 10.9. The lowest BCUT2D eigenvalue weighted by Gasteiger charge is -2.22. The molecule has 2 N–H and O–H groups in total. The highest BCUT2D eigenvalue weighted by Gasteiger charge is 2.09. The molecular weight excluding hydrogens is 216 g/mol. The molecule has 3 heteroatoms. The van der Waals surface area contributed by atoms with E-state index in [9.17, 15) is 0 Å². The molecule has 0 saturated carbocycles. The van der Waals surface area contributed by atoms with Crippen LogP contribution in [0.15, 0.2) is 23.3 Å². The number of hydrogen-bond donors (Lipinski definition) is 2. The molecule has 0 bridgehead atoms. The van der Waals surface area contributed by atoms with Crippen LogP contribution in [0.5, 0.6) is 0 Å². The van der Waals surface area contributed by atoms with Crippen LogP contribution in [0.4, 0.5) is 0 Å². The predicted molar refractivity (Wildman–Crippen MR) is 71.0 cm³/mol. The van der Waals surface area contributed by atoms with Gasteiger partial charge in [-0.2, -0.15) is 0 Å². The lowest BCUT2D eigenvalue weighted by Crippen LogP contribution is -2.36. The molecule has 1 aliphatic heterocycles. The highest BCUT2D eigenvalue weighted by Crippen LogP contribution is 2.16. The van der Waals surface area contributed by atoms with Gasteiger partial charge in [0.2, 0.25) is 0 Å². The lowest BCUT2D eigenvalue weighted by atomic mass is 10.0. The van der Waals surface area contributed by atoms with Gasteiger partial charge in [-0.15, -0.1) is 11.3 Å². The Kier molecular flexibility index (Phi) is 4.16. The van der Waals surface area contributed by atoms with Gasteiger partial charge >= 0.3 is 0 Å². The van der Waals surface area contributed by atoms with Crippen LogP contribution in [-0.2, 0) is 13.0 Å². The Labute approximate surface area is 102 Å². The van der Waals surface area contributed by atoms with Gasteiger partial charge < -0.3 is 10.6 Å². The summed E-state index contributed by atoms with van der Waals surface area (Å²) in [6.45, 7) is 8.65. The third-order valence-corrected chi connectivity index (χ3v) is 4.27. The highest BCUT2D eigenvalue weighted by molar-refractivity contribution is 7.11. The van der Waals surface area contributed by atoms with Crippen LogP contribution in [0.25, 0.3) is 0 Å². The smallest absolute Gasteiger partial charge is 0.0302 e. The summed E-state index contributed by atoms with van der Waals surface area (Å²) in [4.78, 5) is 2.93. The van der Waals surface area contributed by atoms with Gasteiger partial charge in [0.05, 0.1) is 0 Å². The molecule has 2 heterocycles. The van der Waals surface area contributed by atoms with E-state index in [-0.39, 0.29) is 0 Å². The van der Waals surface area contributed by atoms with E-state index in [1.54, 1.807) is 5.57 Å². The van der Waals surface area contributed by atoms with Gasteiger partial charge in [0.1, 0.15) is 0 Å². The molecule has 1 saturated heterocycles. The first kappa shape index (κ1) is 11.8. The first-order valence-corrected chi connectivity index (χ1v) is 6.77. The Hall–Kier alpha value is -0.640. The zero-order chi connectivity index (χ0) is 11.4. The van der Waals surface area contributed by atoms with Gasteiger partial charge in [0.15, 0.2) is 0 Å². The standard InChI is InChI=1S/C13H20N2S/c1-3-12-4-5-13(16-12)9-14-6-10(2)11-7-15-8-11/h4-5,14-15H,3,6-9H2,1-2H3. The van der Waals surface area contributed by atoms with Crippen LogP contribution in [0, 0.1) is 0 Å². The van der Waals surface area contributed by atoms with Gasteiger partial charge in [-0.05, 0) is 31.1 Å². The van der Waals surface area contributed by atoms with Crippen molar-refractivity contribution in [3.8, 4) is 0 Å². The van der Waals surface area contributed by atoms with E-state index in [4.69, 9.17) is 0 Å². The maximum absolute atomic E-state index is 3.51. The molecular formula is C13H20N2S. The number of nitrogens with one attached hydrogen (secondary N) is 2. The van der Waals surface area contributed by atoms with Crippen LogP contribution in [0.2, 0.25) is 0 Å². The van der Waals surface area contributed by atoms with Crippen molar-refractivity contribution < 1.29 is 0 Å². The van der Waals surface area contributed by atoms with E-state index in [0.717, 1.165) is 32.6 Å². The third-order valence-electron chi connectivity index (χ3n) is 3.04. The molecule has 0 unspecified atom stereocenters. The minimum atomic E-state index is 1.00. The second kappa shape index (κ2) is 5.62. The van der Waals surface area contributed by atoms with Crippen molar-refractivity contribution in [2.24, 2.45) is 0 Å². The average molecular weight is 236 g/mol. The van der Waals surface area contributed by atoms with E-state index in [1.807, 2.05) is 11.3 Å². The fourth-order valence-electron chi connectivity index (χ4n) is 1.76. The van der Waals surface area contributed by atoms with Crippen molar-refractivity contribution in [1.82, 2.24) is 10.6 Å². The van der Waals surface area contributed by atoms with Crippen LogP contribution in [-0.4, -0.2) is 19.6 Å². The van der Waals surface area contributed by atoms with E-state index in [2.05, 4.69) is 36.6 Å². The summed E-state index contributed by atoms with van der Waals surface area (Å²) in [5.74, 6) is 0. The molecule has 88 valence electrons. The first-order chi connectivity index (χ1) is 7.79. The fourth-order valence-corrected chi connectivity index (χ4v) is 2.68. The van der Waals surface area contributed by atoms with Crippen LogP contribution >= 0.6 is 11.3 Å². The average Bonchev–Trinajstić information content (AvgIpc) is 2.63. The van der Waals surface area contributed by atoms with E-state index >= 15 is 0 Å². The van der Waals surface area contributed by atoms with Crippen molar-refractivity contribution in [2.75, 3.05) is 19.6 Å². The van der Waals surface area contributed by atoms with Gasteiger partial charge in [-0.25, -0.2) is 0 Å². The molecule has 0 spiro atoms. The van der Waals surface area contributed by atoms with Gasteiger partial charge in [-0.1, -0.05) is 12.5 Å². The van der Waals surface area contributed by atoms with Crippen molar-refractivity contribution >= 4 is 11.3 Å². The van der Waals surface area contributed by atoms with E-state index < -0.39 is 0 Å². The Morgan fingerprint density at radius 1 is 1.38 bits per heavy atom. The summed E-state index contributed by atoms with van der Waals surface area (Å²) in [6, 6.07) is 4.48. The molecule has 16 heavy (non-hydrogen) atoms. The van der Waals surface area contributed by atoms with Crippen molar-refractivity contribution in [1.29, 1.82) is 0 Å². The predicted octanol–water partition coefficient (Wildman–Crippen LogP) is 2.32. The first-order valence-electron chi connectivity index (χ1n) is 5.96. The molecule has 1 aliphatic rings. The van der Waals surface area contributed by atoms with Gasteiger partial charge in [0.25, 0.3) is 0 Å². The SMILES string of the molecule is CCc1ccc(CNCC(C)=C2CNC2)s1. The molecule has 1 aromatic heterocycles. The monoisotopic (exact) mass is 236 g/mol. The van der Waals surface area contributed by atoms with Crippen molar-refractivity contribution in [2.45, 2.75) is 26.8 Å². The second-order valence-corrected chi connectivity index (χ2v) is 5.57. The van der Waals surface area contributed by atoms with Crippen LogP contribution in [0.3, 0.4) is 0 Å². The summed E-state index contributed by atoms with van der Waals surface area (Å²) >= 11 is 1.92. The third kappa shape index (κ3) is 2.94. The number of hydrogen-bond acceptors (Lipinski definition) is 3. The molecule has 0 amide bonds. The summed E-state index contributed by atoms with van der Waals surface area (Å²) < 4.78 is 0. The number of aryl methyl sites for hydroxylation is 1. The molecule has 1 fully saturated rings. The minimum Gasteiger partial charge on any atom is -0.309 e. The molecule has 0 radical (unpaired) electrons. The number of thiophene rings is 1. The summed E-state index contributed by atoms with van der Waals surface area (Å²) in [6.07, 6.45) is 1.15.